The molecule has 0 spiro atoms. The van der Waals surface area contributed by atoms with E-state index in [1.165, 1.54) is 0 Å². The fraction of sp³-hybridized carbons (Fsp3) is 0.833. The molecule has 2 N–H and O–H groups in total. The normalized spacial score (nSPS) is 16.1. The number of carbonyl (C=O) groups is 4. The first-order chi connectivity index (χ1) is 15.0. The molecule has 0 aromatic rings. The van der Waals surface area contributed by atoms with Gasteiger partial charge in [0, 0.05) is 0 Å². The molecule has 0 rings (SSSR count). The van der Waals surface area contributed by atoms with Crippen LogP contribution < -0.4 is 10.9 Å². The summed E-state index contributed by atoms with van der Waals surface area (Å²) in [5.74, 6) is 0.908. The second kappa shape index (κ2) is 16.2. The Kier molecular flexibility index (Phi) is 15.4. The van der Waals surface area contributed by atoms with Crippen LogP contribution in [-0.2, 0) is 19.2 Å². The molecular formula is C24H46N4O4. The van der Waals surface area contributed by atoms with Crippen LogP contribution in [0.25, 0.3) is 0 Å². The van der Waals surface area contributed by atoms with Gasteiger partial charge in [0.05, 0.1) is 24.2 Å². The van der Waals surface area contributed by atoms with Gasteiger partial charge in [-0.25, -0.2) is 10.9 Å². The van der Waals surface area contributed by atoms with Gasteiger partial charge >= 0.3 is 0 Å². The number of nitrogens with zero attached hydrogens (tertiary/aromatic N) is 2. The molecule has 0 amide bonds. The number of nitrogens with one attached hydrogen (secondary N) is 2. The first kappa shape index (κ1) is 30.5. The fourth-order valence-corrected chi connectivity index (χ4v) is 3.66. The van der Waals surface area contributed by atoms with Crippen LogP contribution in [0.3, 0.4) is 0 Å². The third kappa shape index (κ3) is 11.9. The summed E-state index contributed by atoms with van der Waals surface area (Å²) in [6.45, 7) is 16.1. The van der Waals surface area contributed by atoms with Gasteiger partial charge < -0.3 is 19.2 Å². The molecule has 0 saturated carbocycles. The molecule has 0 aromatic carbocycles. The van der Waals surface area contributed by atoms with Crippen LogP contribution in [0.5, 0.6) is 0 Å². The highest BCUT2D eigenvalue weighted by atomic mass is 16.1. The number of rotatable bonds is 19. The van der Waals surface area contributed by atoms with Crippen molar-refractivity contribution in [2.24, 2.45) is 23.7 Å². The van der Waals surface area contributed by atoms with Gasteiger partial charge in [0.1, 0.15) is 25.1 Å². The molecule has 4 atom stereocenters. The molecule has 0 unspecified atom stereocenters. The van der Waals surface area contributed by atoms with Gasteiger partial charge in [-0.1, -0.05) is 55.4 Å². The van der Waals surface area contributed by atoms with Gasteiger partial charge in [0.25, 0.3) is 0 Å². The van der Waals surface area contributed by atoms with Crippen molar-refractivity contribution in [2.45, 2.75) is 105 Å². The first-order valence-electron chi connectivity index (χ1n) is 11.9. The molecule has 0 aromatic heterocycles. The lowest BCUT2D eigenvalue weighted by Gasteiger charge is -2.44. The van der Waals surface area contributed by atoms with Crippen molar-refractivity contribution < 1.29 is 19.2 Å². The van der Waals surface area contributed by atoms with E-state index in [2.05, 4.69) is 10.9 Å². The van der Waals surface area contributed by atoms with Crippen LogP contribution in [0.1, 0.15) is 81.1 Å². The van der Waals surface area contributed by atoms with Crippen molar-refractivity contribution >= 4 is 25.1 Å². The molecular weight excluding hydrogens is 408 g/mol. The van der Waals surface area contributed by atoms with E-state index in [9.17, 15) is 19.2 Å². The lowest BCUT2D eigenvalue weighted by molar-refractivity contribution is -0.184. The van der Waals surface area contributed by atoms with Crippen molar-refractivity contribution in [3.8, 4) is 0 Å². The highest BCUT2D eigenvalue weighted by molar-refractivity contribution is 5.61. The smallest absolute Gasteiger partial charge is 0.140 e. The van der Waals surface area contributed by atoms with Gasteiger partial charge in [-0.15, -0.1) is 0 Å². The van der Waals surface area contributed by atoms with E-state index in [1.807, 2.05) is 55.4 Å². The summed E-state index contributed by atoms with van der Waals surface area (Å²) in [6.07, 6.45) is 5.48. The average Bonchev–Trinajstić information content (AvgIpc) is 2.70. The Balaban J connectivity index is 6.32. The Morgan fingerprint density at radius 2 is 0.781 bits per heavy atom. The Morgan fingerprint density at radius 1 is 0.500 bits per heavy atom. The maximum atomic E-state index is 12.2. The Labute approximate surface area is 194 Å². The molecule has 0 saturated heterocycles. The maximum absolute atomic E-state index is 12.2. The molecule has 0 heterocycles. The largest absolute Gasteiger partial charge is 0.302 e. The lowest BCUT2D eigenvalue weighted by atomic mass is 10.0. The van der Waals surface area contributed by atoms with Crippen molar-refractivity contribution in [1.82, 2.24) is 21.1 Å². The maximum Gasteiger partial charge on any atom is 0.140 e. The van der Waals surface area contributed by atoms with Crippen molar-refractivity contribution in [1.29, 1.82) is 0 Å². The molecule has 186 valence electrons. The van der Waals surface area contributed by atoms with Crippen LogP contribution >= 0.6 is 0 Å². The Hall–Kier alpha value is -1.48. The van der Waals surface area contributed by atoms with Crippen LogP contribution in [0, 0.1) is 23.7 Å². The second-order valence-corrected chi connectivity index (χ2v) is 10.4. The predicted octanol–water partition coefficient (Wildman–Crippen LogP) is 2.97. The predicted molar refractivity (Wildman–Crippen MR) is 127 cm³/mol. The molecule has 0 aliphatic carbocycles. The molecule has 0 radical (unpaired) electrons. The van der Waals surface area contributed by atoms with E-state index >= 15 is 0 Å². The highest BCUT2D eigenvalue weighted by Gasteiger charge is 2.34. The third-order valence-corrected chi connectivity index (χ3v) is 4.98. The summed E-state index contributed by atoms with van der Waals surface area (Å²) in [5, 5.41) is 3.15. The molecule has 0 fully saturated rings. The van der Waals surface area contributed by atoms with Gasteiger partial charge in [0.15, 0.2) is 0 Å². The highest BCUT2D eigenvalue weighted by Crippen LogP contribution is 2.18. The molecule has 0 aliphatic heterocycles. The lowest BCUT2D eigenvalue weighted by Crippen LogP contribution is -2.68. The van der Waals surface area contributed by atoms with Gasteiger partial charge in [-0.2, -0.15) is 10.2 Å². The minimum Gasteiger partial charge on any atom is -0.302 e. The summed E-state index contributed by atoms with van der Waals surface area (Å²) in [4.78, 5) is 48.0. The monoisotopic (exact) mass is 454 g/mol. The topological polar surface area (TPSA) is 98.8 Å². The van der Waals surface area contributed by atoms with E-state index in [-0.39, 0.29) is 23.7 Å². The molecule has 32 heavy (non-hydrogen) atoms. The fourth-order valence-electron chi connectivity index (χ4n) is 3.66. The minimum absolute atomic E-state index is 0.202. The summed E-state index contributed by atoms with van der Waals surface area (Å²) in [7, 11) is 0. The number of hydrogen-bond donors (Lipinski definition) is 2. The van der Waals surface area contributed by atoms with E-state index < -0.39 is 24.2 Å². The van der Waals surface area contributed by atoms with Crippen molar-refractivity contribution in [3.63, 3.8) is 0 Å². The molecule has 8 heteroatoms. The van der Waals surface area contributed by atoms with Crippen LogP contribution in [0.4, 0.5) is 0 Å². The van der Waals surface area contributed by atoms with Crippen LogP contribution in [0.2, 0.25) is 0 Å². The number of hydrazine groups is 3. The van der Waals surface area contributed by atoms with E-state index in [0.29, 0.717) is 25.7 Å². The minimum atomic E-state index is -0.627. The molecule has 8 nitrogen and oxygen atoms in total. The Bertz CT molecular complexity index is 506. The van der Waals surface area contributed by atoms with Gasteiger partial charge in [0.2, 0.25) is 0 Å². The first-order valence-corrected chi connectivity index (χ1v) is 11.9. The zero-order valence-corrected chi connectivity index (χ0v) is 21.3. The zero-order chi connectivity index (χ0) is 24.8. The SMILES string of the molecule is CC(C)C[C@@H](C=O)NN([C@H](C=O)CC(C)C)N(N[C@H](C=O)CC(C)C)[C@H](C=O)CC(C)C. The number of aldehydes is 4. The third-order valence-electron chi connectivity index (χ3n) is 4.98. The quantitative estimate of drug-likeness (QED) is 0.227. The zero-order valence-electron chi connectivity index (χ0n) is 21.3. The Morgan fingerprint density at radius 3 is 0.969 bits per heavy atom. The van der Waals surface area contributed by atoms with E-state index in [0.717, 1.165) is 25.1 Å². The average molecular weight is 455 g/mol. The number of hydrogen-bond acceptors (Lipinski definition) is 8. The molecule has 0 bridgehead atoms. The van der Waals surface area contributed by atoms with Gasteiger partial charge in [-0.3, -0.25) is 0 Å². The van der Waals surface area contributed by atoms with Crippen molar-refractivity contribution in [3.05, 3.63) is 0 Å². The van der Waals surface area contributed by atoms with Crippen LogP contribution in [0.15, 0.2) is 0 Å². The van der Waals surface area contributed by atoms with E-state index in [4.69, 9.17) is 0 Å². The van der Waals surface area contributed by atoms with E-state index in [1.54, 1.807) is 10.2 Å². The second-order valence-electron chi connectivity index (χ2n) is 10.4. The summed E-state index contributed by atoms with van der Waals surface area (Å²) in [6, 6.07) is -2.34. The summed E-state index contributed by atoms with van der Waals surface area (Å²) < 4.78 is 0. The number of carbonyl (C=O) groups excluding carboxylic acids is 4. The standard InChI is InChI=1S/C24H46N4O4/c1-17(2)9-21(13-29)25-27(23(15-31)11-19(5)6)28(24(16-32)12-20(7)8)26-22(14-30)10-18(3)4/h13-26H,9-12H2,1-8H3/t21-,22-,23-,24-/m0/s1. The van der Waals surface area contributed by atoms with Crippen molar-refractivity contribution in [2.75, 3.05) is 0 Å². The van der Waals surface area contributed by atoms with Crippen LogP contribution in [-0.4, -0.2) is 59.5 Å². The molecule has 0 aliphatic rings. The summed E-state index contributed by atoms with van der Waals surface area (Å²) in [5.41, 5.74) is 6.37. The summed E-state index contributed by atoms with van der Waals surface area (Å²) >= 11 is 0. The van der Waals surface area contributed by atoms with Gasteiger partial charge in [-0.05, 0) is 49.4 Å².